The van der Waals surface area contributed by atoms with Crippen molar-refractivity contribution in [2.45, 2.75) is 6.92 Å². The molecule has 0 bridgehead atoms. The van der Waals surface area contributed by atoms with E-state index >= 15 is 0 Å². The highest BCUT2D eigenvalue weighted by molar-refractivity contribution is 7.16. The van der Waals surface area contributed by atoms with E-state index in [1.165, 1.54) is 17.4 Å². The van der Waals surface area contributed by atoms with Crippen LogP contribution in [0.15, 0.2) is 66.4 Å². The highest BCUT2D eigenvalue weighted by Gasteiger charge is 2.14. The Bertz CT molecular complexity index is 1040. The number of thiophene rings is 1. The number of carboxylic acid groups (broad SMARTS) is 1. The smallest absolute Gasteiger partial charge is 0.352 e. The number of hydrogen-bond donors (Lipinski definition) is 2. The van der Waals surface area contributed by atoms with Crippen LogP contribution in [0.25, 0.3) is 16.5 Å². The number of carbonyl (C=O) groups excluding carboxylic acids is 1. The fourth-order valence-corrected chi connectivity index (χ4v) is 3.79. The van der Waals surface area contributed by atoms with Crippen molar-refractivity contribution in [1.29, 1.82) is 0 Å². The Morgan fingerprint density at radius 1 is 1.07 bits per heavy atom. The summed E-state index contributed by atoms with van der Waals surface area (Å²) in [6.07, 6.45) is 1.45. The van der Waals surface area contributed by atoms with Crippen molar-refractivity contribution in [2.24, 2.45) is 0 Å². The Balaban J connectivity index is 1.85. The zero-order valence-corrected chi connectivity index (χ0v) is 16.0. The number of aliphatic carboxylic acids is 1. The lowest BCUT2D eigenvalue weighted by molar-refractivity contribution is -0.132. The van der Waals surface area contributed by atoms with E-state index < -0.39 is 11.9 Å². The van der Waals surface area contributed by atoms with Crippen LogP contribution in [0.1, 0.15) is 20.8 Å². The van der Waals surface area contributed by atoms with E-state index in [9.17, 15) is 14.7 Å². The molecule has 3 aromatic rings. The van der Waals surface area contributed by atoms with Gasteiger partial charge in [0.25, 0.3) is 5.91 Å². The number of halogens is 1. The lowest BCUT2D eigenvalue weighted by Crippen LogP contribution is -2.27. The van der Waals surface area contributed by atoms with E-state index in [2.05, 4.69) is 5.32 Å². The second-order valence-electron chi connectivity index (χ2n) is 5.87. The summed E-state index contributed by atoms with van der Waals surface area (Å²) in [4.78, 5) is 25.5. The summed E-state index contributed by atoms with van der Waals surface area (Å²) in [5.74, 6) is -1.67. The molecule has 0 unspecified atom stereocenters. The van der Waals surface area contributed by atoms with E-state index in [1.807, 2.05) is 37.3 Å². The van der Waals surface area contributed by atoms with Gasteiger partial charge in [-0.2, -0.15) is 0 Å². The molecular formula is C21H16ClNO3S. The third kappa shape index (κ3) is 4.64. The van der Waals surface area contributed by atoms with Crippen LogP contribution in [-0.4, -0.2) is 17.0 Å². The quantitative estimate of drug-likeness (QED) is 0.579. The maximum absolute atomic E-state index is 12.3. The molecule has 0 saturated heterocycles. The number of carbonyl (C=O) groups is 2. The van der Waals surface area contributed by atoms with Gasteiger partial charge in [-0.05, 0) is 43.3 Å². The van der Waals surface area contributed by atoms with Gasteiger partial charge in [0.2, 0.25) is 0 Å². The summed E-state index contributed by atoms with van der Waals surface area (Å²) in [5, 5.41) is 12.6. The number of amides is 1. The number of rotatable bonds is 5. The zero-order chi connectivity index (χ0) is 19.4. The van der Waals surface area contributed by atoms with Crippen LogP contribution in [0.4, 0.5) is 0 Å². The van der Waals surface area contributed by atoms with Crippen molar-refractivity contribution in [3.8, 4) is 10.4 Å². The highest BCUT2D eigenvalue weighted by Crippen LogP contribution is 2.33. The summed E-state index contributed by atoms with van der Waals surface area (Å²) in [7, 11) is 0. The Morgan fingerprint density at radius 3 is 2.56 bits per heavy atom. The van der Waals surface area contributed by atoms with E-state index in [-0.39, 0.29) is 5.70 Å². The Kier molecular flexibility index (Phi) is 5.74. The van der Waals surface area contributed by atoms with Gasteiger partial charge < -0.3 is 10.4 Å². The van der Waals surface area contributed by atoms with Crippen LogP contribution in [0.2, 0.25) is 5.02 Å². The van der Waals surface area contributed by atoms with Gasteiger partial charge in [-0.15, -0.1) is 11.3 Å². The summed E-state index contributed by atoms with van der Waals surface area (Å²) < 4.78 is 0. The molecule has 0 aliphatic carbocycles. The molecule has 0 aliphatic heterocycles. The Hall–Kier alpha value is -2.89. The van der Waals surface area contributed by atoms with Crippen LogP contribution in [0.3, 0.4) is 0 Å². The summed E-state index contributed by atoms with van der Waals surface area (Å²) in [6.45, 7) is 1.87. The number of hydrogen-bond acceptors (Lipinski definition) is 3. The predicted molar refractivity (Wildman–Crippen MR) is 109 cm³/mol. The van der Waals surface area contributed by atoms with Crippen molar-refractivity contribution in [2.75, 3.05) is 0 Å². The molecule has 0 spiro atoms. The first-order valence-corrected chi connectivity index (χ1v) is 9.31. The van der Waals surface area contributed by atoms with Crippen molar-refractivity contribution < 1.29 is 14.7 Å². The molecule has 3 rings (SSSR count). The molecule has 2 aromatic carbocycles. The van der Waals surface area contributed by atoms with Crippen molar-refractivity contribution in [1.82, 2.24) is 5.32 Å². The predicted octanol–water partition coefficient (Wildman–Crippen LogP) is 5.23. The summed E-state index contributed by atoms with van der Waals surface area (Å²) >= 11 is 7.61. The fourth-order valence-electron chi connectivity index (χ4n) is 2.51. The molecule has 27 heavy (non-hydrogen) atoms. The van der Waals surface area contributed by atoms with Crippen LogP contribution in [0, 0.1) is 6.92 Å². The minimum atomic E-state index is -1.20. The molecule has 136 valence electrons. The standard InChI is InChI=1S/C21H16ClNO3S/c1-13-5-4-6-14(11-13)20(24)23-18(21(25)26)12-15-9-10-19(27-15)16-7-2-3-8-17(16)22/h2-12H,1H3,(H,23,24)(H,25,26)/b18-12-. The monoisotopic (exact) mass is 397 g/mol. The van der Waals surface area contributed by atoms with Gasteiger partial charge in [0, 0.05) is 25.9 Å². The molecule has 2 N–H and O–H groups in total. The number of aryl methyl sites for hydroxylation is 1. The molecule has 4 nitrogen and oxygen atoms in total. The number of nitrogens with one attached hydrogen (secondary N) is 1. The first-order valence-electron chi connectivity index (χ1n) is 8.12. The molecule has 0 saturated carbocycles. The van der Waals surface area contributed by atoms with Gasteiger partial charge in [0.05, 0.1) is 0 Å². The van der Waals surface area contributed by atoms with Gasteiger partial charge in [-0.1, -0.05) is 47.5 Å². The van der Waals surface area contributed by atoms with E-state index in [0.29, 0.717) is 15.5 Å². The van der Waals surface area contributed by atoms with Crippen LogP contribution < -0.4 is 5.32 Å². The van der Waals surface area contributed by atoms with Gasteiger partial charge in [0.15, 0.2) is 0 Å². The van der Waals surface area contributed by atoms with E-state index in [1.54, 1.807) is 30.3 Å². The zero-order valence-electron chi connectivity index (χ0n) is 14.4. The maximum Gasteiger partial charge on any atom is 0.352 e. The van der Waals surface area contributed by atoms with Crippen LogP contribution >= 0.6 is 22.9 Å². The Morgan fingerprint density at radius 2 is 1.85 bits per heavy atom. The van der Waals surface area contributed by atoms with Gasteiger partial charge in [-0.3, -0.25) is 4.79 Å². The molecule has 0 radical (unpaired) electrons. The summed E-state index contributed by atoms with van der Waals surface area (Å²) in [5.41, 5.74) is 2.02. The molecule has 1 aromatic heterocycles. The van der Waals surface area contributed by atoms with Crippen molar-refractivity contribution in [3.63, 3.8) is 0 Å². The van der Waals surface area contributed by atoms with Gasteiger partial charge in [-0.25, -0.2) is 4.79 Å². The minimum Gasteiger partial charge on any atom is -0.477 e. The molecule has 0 aliphatic rings. The normalized spacial score (nSPS) is 11.3. The fraction of sp³-hybridized carbons (Fsp3) is 0.0476. The van der Waals surface area contributed by atoms with E-state index in [0.717, 1.165) is 16.0 Å². The second-order valence-corrected chi connectivity index (χ2v) is 7.39. The average molecular weight is 398 g/mol. The van der Waals surface area contributed by atoms with Crippen LogP contribution in [-0.2, 0) is 4.79 Å². The molecule has 0 fully saturated rings. The minimum absolute atomic E-state index is 0.186. The third-order valence-electron chi connectivity index (χ3n) is 3.81. The molecule has 0 atom stereocenters. The molecule has 1 heterocycles. The molecule has 6 heteroatoms. The first-order chi connectivity index (χ1) is 12.9. The average Bonchev–Trinajstić information content (AvgIpc) is 3.09. The highest BCUT2D eigenvalue weighted by atomic mass is 35.5. The largest absolute Gasteiger partial charge is 0.477 e. The number of carboxylic acids is 1. The summed E-state index contributed by atoms with van der Waals surface area (Å²) in [6, 6.07) is 18.1. The first kappa shape index (κ1) is 18.9. The van der Waals surface area contributed by atoms with Gasteiger partial charge >= 0.3 is 5.97 Å². The second kappa shape index (κ2) is 8.20. The maximum atomic E-state index is 12.3. The lowest BCUT2D eigenvalue weighted by Gasteiger charge is -2.06. The lowest BCUT2D eigenvalue weighted by atomic mass is 10.1. The van der Waals surface area contributed by atoms with Gasteiger partial charge in [0.1, 0.15) is 5.70 Å². The third-order valence-corrected chi connectivity index (χ3v) is 5.21. The number of benzene rings is 2. The van der Waals surface area contributed by atoms with Crippen molar-refractivity contribution in [3.05, 3.63) is 87.4 Å². The topological polar surface area (TPSA) is 66.4 Å². The Labute approximate surface area is 165 Å². The van der Waals surface area contributed by atoms with E-state index in [4.69, 9.17) is 11.6 Å². The van der Waals surface area contributed by atoms with Crippen molar-refractivity contribution >= 4 is 40.9 Å². The molecular weight excluding hydrogens is 382 g/mol. The van der Waals surface area contributed by atoms with Crippen LogP contribution in [0.5, 0.6) is 0 Å². The SMILES string of the molecule is Cc1cccc(C(=O)N/C(=C\c2ccc(-c3ccccc3Cl)s2)C(=O)O)c1. The molecule has 1 amide bonds.